The van der Waals surface area contributed by atoms with E-state index >= 15 is 0 Å². The molecule has 1 fully saturated rings. The predicted octanol–water partition coefficient (Wildman–Crippen LogP) is 2.09. The highest BCUT2D eigenvalue weighted by molar-refractivity contribution is 5.81. The number of carboxylic acid groups (broad SMARTS) is 1. The van der Waals surface area contributed by atoms with Gasteiger partial charge in [0, 0.05) is 12.7 Å². The maximum absolute atomic E-state index is 12.4. The molecule has 1 N–H and O–H groups in total. The zero-order chi connectivity index (χ0) is 15.4. The van der Waals surface area contributed by atoms with Crippen LogP contribution in [0.25, 0.3) is 0 Å². The summed E-state index contributed by atoms with van der Waals surface area (Å²) in [5.41, 5.74) is 1.08. The largest absolute Gasteiger partial charge is 0.480 e. The first-order valence-electron chi connectivity index (χ1n) is 7.95. The summed E-state index contributed by atoms with van der Waals surface area (Å²) < 4.78 is 0. The van der Waals surface area contributed by atoms with Crippen LogP contribution in [0.1, 0.15) is 45.4 Å². The first-order chi connectivity index (χ1) is 10.0. The third-order valence-corrected chi connectivity index (χ3v) is 4.84. The molecule has 1 saturated heterocycles. The Labute approximate surface area is 126 Å². The number of carbonyl (C=O) groups excluding carboxylic acids is 1. The summed E-state index contributed by atoms with van der Waals surface area (Å²) in [5, 5.41) is 9.41. The Balaban J connectivity index is 1.96. The highest BCUT2D eigenvalue weighted by atomic mass is 16.4. The van der Waals surface area contributed by atoms with Gasteiger partial charge in [0.05, 0.1) is 6.54 Å². The van der Waals surface area contributed by atoms with E-state index in [1.54, 1.807) is 11.9 Å². The molecule has 2 atom stereocenters. The number of likely N-dealkylation sites (tertiary alicyclic amines) is 1. The Morgan fingerprint density at radius 1 is 1.48 bits per heavy atom. The standard InChI is InChI=1S/C16H26N2O3/c1-3-12-8-9-18(14(10-12)16(20)21)11-15(19)17(2)13-6-4-5-7-13/h6,12,14H,3-5,7-11H2,1-2H3,(H,20,21). The van der Waals surface area contributed by atoms with E-state index in [4.69, 9.17) is 0 Å². The fourth-order valence-electron chi connectivity index (χ4n) is 3.30. The van der Waals surface area contributed by atoms with Crippen molar-refractivity contribution in [3.63, 3.8) is 0 Å². The molecule has 2 rings (SSSR count). The number of carboxylic acids is 1. The summed E-state index contributed by atoms with van der Waals surface area (Å²) in [4.78, 5) is 27.4. The molecule has 2 aliphatic rings. The van der Waals surface area contributed by atoms with Gasteiger partial charge >= 0.3 is 5.97 Å². The van der Waals surface area contributed by atoms with E-state index in [1.807, 2.05) is 4.90 Å². The van der Waals surface area contributed by atoms with Crippen LogP contribution in [0.15, 0.2) is 11.8 Å². The lowest BCUT2D eigenvalue weighted by atomic mass is 9.89. The Bertz CT molecular complexity index is 433. The third-order valence-electron chi connectivity index (χ3n) is 4.84. The number of piperidine rings is 1. The molecular weight excluding hydrogens is 268 g/mol. The second kappa shape index (κ2) is 7.07. The zero-order valence-corrected chi connectivity index (χ0v) is 13.0. The molecular formula is C16H26N2O3. The molecule has 0 radical (unpaired) electrons. The van der Waals surface area contributed by atoms with Gasteiger partial charge in [0.1, 0.15) is 6.04 Å². The smallest absolute Gasteiger partial charge is 0.320 e. The number of likely N-dealkylation sites (N-methyl/N-ethyl adjacent to an activating group) is 1. The van der Waals surface area contributed by atoms with E-state index in [-0.39, 0.29) is 12.5 Å². The van der Waals surface area contributed by atoms with Crippen LogP contribution < -0.4 is 0 Å². The minimum atomic E-state index is -0.802. The molecule has 5 heteroatoms. The quantitative estimate of drug-likeness (QED) is 0.843. The summed E-state index contributed by atoms with van der Waals surface area (Å²) >= 11 is 0. The van der Waals surface area contributed by atoms with Crippen LogP contribution in [0.4, 0.5) is 0 Å². The fraction of sp³-hybridized carbons (Fsp3) is 0.750. The summed E-state index contributed by atoms with van der Waals surface area (Å²) in [5.74, 6) is -0.333. The summed E-state index contributed by atoms with van der Waals surface area (Å²) in [7, 11) is 1.80. The van der Waals surface area contributed by atoms with Crippen molar-refractivity contribution in [2.24, 2.45) is 5.92 Å². The normalized spacial score (nSPS) is 26.5. The molecule has 0 bridgehead atoms. The van der Waals surface area contributed by atoms with Crippen LogP contribution in [-0.2, 0) is 9.59 Å². The number of hydrogen-bond acceptors (Lipinski definition) is 3. The van der Waals surface area contributed by atoms with Gasteiger partial charge in [-0.3, -0.25) is 14.5 Å². The topological polar surface area (TPSA) is 60.9 Å². The van der Waals surface area contributed by atoms with Crippen LogP contribution in [0, 0.1) is 5.92 Å². The molecule has 1 amide bonds. The van der Waals surface area contributed by atoms with E-state index in [2.05, 4.69) is 13.0 Å². The molecule has 5 nitrogen and oxygen atoms in total. The lowest BCUT2D eigenvalue weighted by molar-refractivity contribution is -0.146. The van der Waals surface area contributed by atoms with Gasteiger partial charge in [-0.1, -0.05) is 19.4 Å². The summed E-state index contributed by atoms with van der Waals surface area (Å²) in [6.07, 6.45) is 7.85. The van der Waals surface area contributed by atoms with Gasteiger partial charge in [-0.15, -0.1) is 0 Å². The van der Waals surface area contributed by atoms with Crippen molar-refractivity contribution >= 4 is 11.9 Å². The number of carbonyl (C=O) groups is 2. The van der Waals surface area contributed by atoms with Gasteiger partial charge < -0.3 is 10.0 Å². The lowest BCUT2D eigenvalue weighted by Crippen LogP contribution is -2.50. The number of aliphatic carboxylic acids is 1. The van der Waals surface area contributed by atoms with Crippen molar-refractivity contribution in [2.75, 3.05) is 20.1 Å². The van der Waals surface area contributed by atoms with Gasteiger partial charge in [-0.25, -0.2) is 0 Å². The molecule has 0 spiro atoms. The third kappa shape index (κ3) is 3.84. The summed E-state index contributed by atoms with van der Waals surface area (Å²) in [6, 6.07) is -0.515. The first kappa shape index (κ1) is 16.0. The SMILES string of the molecule is CCC1CCN(CC(=O)N(C)C2=CCCC2)C(C(=O)O)C1. The average Bonchev–Trinajstić information content (AvgIpc) is 3.00. The van der Waals surface area contributed by atoms with Crippen molar-refractivity contribution in [3.8, 4) is 0 Å². The van der Waals surface area contributed by atoms with Crippen molar-refractivity contribution in [1.82, 2.24) is 9.80 Å². The Morgan fingerprint density at radius 2 is 2.24 bits per heavy atom. The Hall–Kier alpha value is -1.36. The number of hydrogen-bond donors (Lipinski definition) is 1. The maximum atomic E-state index is 12.4. The number of rotatable bonds is 5. The molecule has 1 heterocycles. The van der Waals surface area contributed by atoms with Crippen LogP contribution in [-0.4, -0.2) is 53.0 Å². The molecule has 21 heavy (non-hydrogen) atoms. The van der Waals surface area contributed by atoms with Crippen molar-refractivity contribution in [3.05, 3.63) is 11.8 Å². The second-order valence-electron chi connectivity index (χ2n) is 6.16. The molecule has 1 aliphatic carbocycles. The number of nitrogens with zero attached hydrogens (tertiary/aromatic N) is 2. The molecule has 0 aromatic carbocycles. The van der Waals surface area contributed by atoms with E-state index in [0.29, 0.717) is 18.9 Å². The van der Waals surface area contributed by atoms with E-state index < -0.39 is 12.0 Å². The second-order valence-corrected chi connectivity index (χ2v) is 6.16. The highest BCUT2D eigenvalue weighted by Crippen LogP contribution is 2.26. The summed E-state index contributed by atoms with van der Waals surface area (Å²) in [6.45, 7) is 3.01. The lowest BCUT2D eigenvalue weighted by Gasteiger charge is -2.37. The van der Waals surface area contributed by atoms with Crippen molar-refractivity contribution in [2.45, 2.75) is 51.5 Å². The van der Waals surface area contributed by atoms with Gasteiger partial charge in [0.25, 0.3) is 0 Å². The first-order valence-corrected chi connectivity index (χ1v) is 7.95. The number of amides is 1. The number of allylic oxidation sites excluding steroid dienone is 2. The van der Waals surface area contributed by atoms with E-state index in [0.717, 1.165) is 37.8 Å². The Morgan fingerprint density at radius 3 is 2.81 bits per heavy atom. The van der Waals surface area contributed by atoms with E-state index in [9.17, 15) is 14.7 Å². The van der Waals surface area contributed by atoms with Crippen LogP contribution in [0.3, 0.4) is 0 Å². The maximum Gasteiger partial charge on any atom is 0.320 e. The van der Waals surface area contributed by atoms with Crippen LogP contribution >= 0.6 is 0 Å². The minimum Gasteiger partial charge on any atom is -0.480 e. The molecule has 118 valence electrons. The van der Waals surface area contributed by atoms with Gasteiger partial charge in [-0.05, 0) is 44.6 Å². The van der Waals surface area contributed by atoms with Crippen molar-refractivity contribution < 1.29 is 14.7 Å². The molecule has 0 aromatic rings. The van der Waals surface area contributed by atoms with Gasteiger partial charge in [0.2, 0.25) is 5.91 Å². The Kier molecular flexibility index (Phi) is 5.39. The predicted molar refractivity (Wildman–Crippen MR) is 80.7 cm³/mol. The minimum absolute atomic E-state index is 0.00403. The molecule has 0 saturated carbocycles. The fourth-order valence-corrected chi connectivity index (χ4v) is 3.30. The van der Waals surface area contributed by atoms with Gasteiger partial charge in [-0.2, -0.15) is 0 Å². The highest BCUT2D eigenvalue weighted by Gasteiger charge is 2.34. The zero-order valence-electron chi connectivity index (χ0n) is 13.0. The van der Waals surface area contributed by atoms with Crippen molar-refractivity contribution in [1.29, 1.82) is 0 Å². The molecule has 2 unspecified atom stereocenters. The van der Waals surface area contributed by atoms with Crippen LogP contribution in [0.5, 0.6) is 0 Å². The average molecular weight is 294 g/mol. The molecule has 1 aliphatic heterocycles. The van der Waals surface area contributed by atoms with E-state index in [1.165, 1.54) is 0 Å². The van der Waals surface area contributed by atoms with Crippen LogP contribution in [0.2, 0.25) is 0 Å². The van der Waals surface area contributed by atoms with Gasteiger partial charge in [0.15, 0.2) is 0 Å². The molecule has 0 aromatic heterocycles. The monoisotopic (exact) mass is 294 g/mol.